The molecule has 0 atom stereocenters. The Balaban J connectivity index is 2.01. The van der Waals surface area contributed by atoms with Crippen molar-refractivity contribution in [2.24, 2.45) is 4.99 Å². The summed E-state index contributed by atoms with van der Waals surface area (Å²) < 4.78 is 8.14. The van der Waals surface area contributed by atoms with Crippen molar-refractivity contribution in [3.8, 4) is 6.07 Å². The first kappa shape index (κ1) is 23.5. The molecular formula is C24H20N6O5. The maximum Gasteiger partial charge on any atom is 0.279 e. The lowest BCUT2D eigenvalue weighted by Gasteiger charge is -2.14. The Morgan fingerprint density at radius 1 is 1.26 bits per heavy atom. The van der Waals surface area contributed by atoms with Crippen LogP contribution in [0.25, 0.3) is 16.7 Å². The van der Waals surface area contributed by atoms with Gasteiger partial charge in [-0.3, -0.25) is 24.1 Å². The number of benzene rings is 1. The molecule has 3 heterocycles. The number of rotatable bonds is 6. The van der Waals surface area contributed by atoms with Crippen molar-refractivity contribution < 1.29 is 14.5 Å². The number of methoxy groups -OCH3 is 1. The zero-order valence-electron chi connectivity index (χ0n) is 19.0. The molecule has 1 amide bonds. The number of non-ortho nitro benzene ring substituents is 1. The third kappa shape index (κ3) is 4.42. The van der Waals surface area contributed by atoms with Gasteiger partial charge < -0.3 is 9.30 Å². The summed E-state index contributed by atoms with van der Waals surface area (Å²) in [7, 11) is 1.55. The summed E-state index contributed by atoms with van der Waals surface area (Å²) in [6, 6.07) is 12.0. The fraction of sp³-hybridized carbons (Fsp3) is 0.208. The number of nitro benzene ring substituents is 1. The number of hydrogen-bond donors (Lipinski definition) is 0. The van der Waals surface area contributed by atoms with E-state index in [4.69, 9.17) is 9.72 Å². The van der Waals surface area contributed by atoms with Gasteiger partial charge >= 0.3 is 0 Å². The molecule has 0 unspecified atom stereocenters. The number of fused-ring (bicyclic) bond motifs is 2. The topological polar surface area (TPSA) is 145 Å². The molecule has 0 aliphatic carbocycles. The summed E-state index contributed by atoms with van der Waals surface area (Å²) in [6.07, 6.45) is 2.11. The second-order valence-corrected chi connectivity index (χ2v) is 7.75. The number of nitrogens with zero attached hydrogens (tertiary/aromatic N) is 6. The Labute approximate surface area is 198 Å². The summed E-state index contributed by atoms with van der Waals surface area (Å²) >= 11 is 0. The van der Waals surface area contributed by atoms with E-state index >= 15 is 0 Å². The second-order valence-electron chi connectivity index (χ2n) is 7.75. The average molecular weight is 472 g/mol. The van der Waals surface area contributed by atoms with Gasteiger partial charge in [0.1, 0.15) is 17.4 Å². The van der Waals surface area contributed by atoms with Gasteiger partial charge in [0.25, 0.3) is 17.2 Å². The molecule has 4 aromatic rings. The van der Waals surface area contributed by atoms with Crippen molar-refractivity contribution in [2.75, 3.05) is 13.7 Å². The van der Waals surface area contributed by atoms with Gasteiger partial charge in [-0.25, -0.2) is 4.98 Å². The van der Waals surface area contributed by atoms with Crippen molar-refractivity contribution in [1.82, 2.24) is 14.0 Å². The van der Waals surface area contributed by atoms with E-state index < -0.39 is 10.8 Å². The van der Waals surface area contributed by atoms with Crippen molar-refractivity contribution >= 4 is 28.3 Å². The third-order valence-corrected chi connectivity index (χ3v) is 5.49. The van der Waals surface area contributed by atoms with E-state index in [0.29, 0.717) is 18.7 Å². The number of ether oxygens (including phenoxy) is 1. The van der Waals surface area contributed by atoms with Gasteiger partial charge in [0, 0.05) is 44.2 Å². The van der Waals surface area contributed by atoms with Crippen molar-refractivity contribution in [2.45, 2.75) is 19.9 Å². The van der Waals surface area contributed by atoms with E-state index in [9.17, 15) is 25.0 Å². The van der Waals surface area contributed by atoms with Crippen molar-refractivity contribution in [3.63, 3.8) is 0 Å². The van der Waals surface area contributed by atoms with E-state index in [0.717, 1.165) is 5.56 Å². The van der Waals surface area contributed by atoms with Crippen LogP contribution in [-0.2, 0) is 11.3 Å². The Morgan fingerprint density at radius 2 is 2.00 bits per heavy atom. The number of pyridine rings is 2. The number of aromatic nitrogens is 3. The molecule has 1 aromatic carbocycles. The molecule has 11 heteroatoms. The number of carbonyl (C=O) groups is 1. The van der Waals surface area contributed by atoms with Gasteiger partial charge in [-0.15, -0.1) is 0 Å². The lowest BCUT2D eigenvalue weighted by Crippen LogP contribution is -2.30. The van der Waals surface area contributed by atoms with Crippen LogP contribution in [0.2, 0.25) is 0 Å². The van der Waals surface area contributed by atoms with Crippen LogP contribution in [0.15, 0.2) is 58.4 Å². The van der Waals surface area contributed by atoms with Crippen molar-refractivity contribution in [1.29, 1.82) is 5.26 Å². The molecule has 4 rings (SSSR count). The number of nitriles is 1. The predicted molar refractivity (Wildman–Crippen MR) is 126 cm³/mol. The van der Waals surface area contributed by atoms with Gasteiger partial charge in [-0.1, -0.05) is 6.07 Å². The van der Waals surface area contributed by atoms with Crippen LogP contribution in [0.1, 0.15) is 27.9 Å². The fourth-order valence-electron chi connectivity index (χ4n) is 3.76. The standard InChI is InChI=1S/C24H20N6O5/c1-15-5-3-10-29-20(15)26-22-19(24(29)32)13-17(14-25)21(28(22)11-4-12-35-2)27-23(31)16-6-8-18(9-7-16)30(33)34/h3,5-10,13H,4,11-12H2,1-2H3. The van der Waals surface area contributed by atoms with Crippen LogP contribution in [-0.4, -0.2) is 38.5 Å². The second kappa shape index (κ2) is 9.66. The molecule has 3 aromatic heterocycles. The van der Waals surface area contributed by atoms with Crippen molar-refractivity contribution in [3.05, 3.63) is 91.3 Å². The van der Waals surface area contributed by atoms with E-state index in [1.807, 2.05) is 19.1 Å². The van der Waals surface area contributed by atoms with Crippen LogP contribution in [0, 0.1) is 28.4 Å². The molecule has 0 saturated heterocycles. The Hall–Kier alpha value is -4.69. The lowest BCUT2D eigenvalue weighted by atomic mass is 10.2. The molecule has 0 fully saturated rings. The summed E-state index contributed by atoms with van der Waals surface area (Å²) in [4.78, 5) is 45.4. The smallest absolute Gasteiger partial charge is 0.279 e. The summed E-state index contributed by atoms with van der Waals surface area (Å²) in [5.74, 6) is -0.690. The first-order chi connectivity index (χ1) is 16.8. The predicted octanol–water partition coefficient (Wildman–Crippen LogP) is 2.52. The maximum atomic E-state index is 13.3. The number of hydrogen-bond acceptors (Lipinski definition) is 7. The Morgan fingerprint density at radius 3 is 2.66 bits per heavy atom. The first-order valence-electron chi connectivity index (χ1n) is 10.6. The highest BCUT2D eigenvalue weighted by molar-refractivity contribution is 5.95. The number of amides is 1. The van der Waals surface area contributed by atoms with E-state index in [1.165, 1.54) is 34.7 Å². The molecule has 0 aliphatic heterocycles. The van der Waals surface area contributed by atoms with Gasteiger partial charge in [-0.05, 0) is 43.2 Å². The maximum absolute atomic E-state index is 13.3. The number of carbonyl (C=O) groups excluding carboxylic acids is 1. The van der Waals surface area contributed by atoms with E-state index in [2.05, 4.69) is 4.99 Å². The molecule has 0 bridgehead atoms. The van der Waals surface area contributed by atoms with E-state index in [1.54, 1.807) is 23.9 Å². The monoisotopic (exact) mass is 472 g/mol. The zero-order valence-corrected chi connectivity index (χ0v) is 19.0. The first-order valence-corrected chi connectivity index (χ1v) is 10.6. The summed E-state index contributed by atoms with van der Waals surface area (Å²) in [5, 5.41) is 21.0. The van der Waals surface area contributed by atoms with Gasteiger partial charge in [-0.2, -0.15) is 10.3 Å². The largest absolute Gasteiger partial charge is 0.385 e. The molecule has 0 aliphatic rings. The molecule has 35 heavy (non-hydrogen) atoms. The quantitative estimate of drug-likeness (QED) is 0.181. The minimum absolute atomic E-state index is 0.0247. The third-order valence-electron chi connectivity index (χ3n) is 5.49. The number of aryl methyl sites for hydroxylation is 2. The van der Waals surface area contributed by atoms with Gasteiger partial charge in [0.05, 0.1) is 15.9 Å². The SMILES string of the molecule is COCCCn1c(=NC(=O)c2ccc([N+](=O)[O-])cc2)c(C#N)cc2c(=O)n3cccc(C)c3nc21. The Bertz CT molecular complexity index is 1640. The van der Waals surface area contributed by atoms with Gasteiger partial charge in [0.15, 0.2) is 5.49 Å². The summed E-state index contributed by atoms with van der Waals surface area (Å²) in [6.45, 7) is 2.50. The van der Waals surface area contributed by atoms with Crippen LogP contribution in [0.3, 0.4) is 0 Å². The molecule has 176 valence electrons. The Kier molecular flexibility index (Phi) is 6.48. The van der Waals surface area contributed by atoms with E-state index in [-0.39, 0.29) is 45.4 Å². The lowest BCUT2D eigenvalue weighted by molar-refractivity contribution is -0.384. The molecule has 0 radical (unpaired) electrons. The van der Waals surface area contributed by atoms with Gasteiger partial charge in [0.2, 0.25) is 0 Å². The number of nitro groups is 1. The van der Waals surface area contributed by atoms with Crippen LogP contribution in [0.5, 0.6) is 0 Å². The molecule has 11 nitrogen and oxygen atoms in total. The average Bonchev–Trinajstić information content (AvgIpc) is 2.86. The zero-order chi connectivity index (χ0) is 25.1. The summed E-state index contributed by atoms with van der Waals surface area (Å²) in [5.41, 5.74) is 1.19. The molecule has 0 saturated carbocycles. The van der Waals surface area contributed by atoms with Crippen LogP contribution < -0.4 is 11.0 Å². The normalized spacial score (nSPS) is 11.6. The fourth-order valence-corrected chi connectivity index (χ4v) is 3.76. The minimum atomic E-state index is -0.690. The minimum Gasteiger partial charge on any atom is -0.385 e. The molecule has 0 N–H and O–H groups in total. The van der Waals surface area contributed by atoms with Crippen LogP contribution in [0.4, 0.5) is 5.69 Å². The highest BCUT2D eigenvalue weighted by Gasteiger charge is 2.16. The molecule has 0 spiro atoms. The molecular weight excluding hydrogens is 452 g/mol. The van der Waals surface area contributed by atoms with Crippen LogP contribution >= 0.6 is 0 Å². The highest BCUT2D eigenvalue weighted by atomic mass is 16.6. The highest BCUT2D eigenvalue weighted by Crippen LogP contribution is 2.15.